The van der Waals surface area contributed by atoms with E-state index >= 15 is 0 Å². The van der Waals surface area contributed by atoms with Crippen LogP contribution in [0.2, 0.25) is 10.0 Å². The van der Waals surface area contributed by atoms with Crippen molar-refractivity contribution in [2.75, 3.05) is 17.4 Å². The summed E-state index contributed by atoms with van der Waals surface area (Å²) in [7, 11) is -4.23. The minimum absolute atomic E-state index is 0.0122. The molecule has 0 spiro atoms. The molecule has 0 aliphatic rings. The monoisotopic (exact) mass is 589 g/mol. The number of nitrogens with zero attached hydrogens (tertiary/aromatic N) is 2. The van der Waals surface area contributed by atoms with E-state index in [1.54, 1.807) is 25.1 Å². The van der Waals surface area contributed by atoms with E-state index < -0.39 is 28.5 Å². The molecule has 1 atom stereocenters. The highest BCUT2D eigenvalue weighted by Gasteiger charge is 2.33. The highest BCUT2D eigenvalue weighted by Crippen LogP contribution is 2.33. The quantitative estimate of drug-likeness (QED) is 0.311. The van der Waals surface area contributed by atoms with E-state index in [0.717, 1.165) is 15.4 Å². The standard InChI is InChI=1S/C29H33Cl2N3O4S/c1-20(2)17-32-29(36)22(4)33(18-23-10-8-9-21(3)15-23)28(35)19-34(27-16-24(30)13-14-26(27)31)39(37,38)25-11-6-5-7-12-25/h5-16,20,22H,17-19H2,1-4H3,(H,32,36)/t22-/m1/s1. The van der Waals surface area contributed by atoms with Crippen LogP contribution in [-0.2, 0) is 26.2 Å². The molecule has 208 valence electrons. The Hall–Kier alpha value is -3.07. The fraction of sp³-hybridized carbons (Fsp3) is 0.310. The maximum atomic E-state index is 13.9. The summed E-state index contributed by atoms with van der Waals surface area (Å²) in [5.41, 5.74) is 1.87. The van der Waals surface area contributed by atoms with E-state index in [9.17, 15) is 18.0 Å². The molecule has 2 amide bonds. The number of carbonyl (C=O) groups is 2. The topological polar surface area (TPSA) is 86.8 Å². The number of rotatable bonds is 11. The van der Waals surface area contributed by atoms with Crippen molar-refractivity contribution in [3.05, 3.63) is 94.0 Å². The molecule has 39 heavy (non-hydrogen) atoms. The van der Waals surface area contributed by atoms with Gasteiger partial charge in [-0.1, -0.05) is 85.1 Å². The molecule has 1 N–H and O–H groups in total. The van der Waals surface area contributed by atoms with Gasteiger partial charge in [-0.25, -0.2) is 8.42 Å². The normalized spacial score (nSPS) is 12.2. The number of nitrogens with one attached hydrogen (secondary N) is 1. The van der Waals surface area contributed by atoms with E-state index in [-0.39, 0.29) is 39.0 Å². The van der Waals surface area contributed by atoms with Crippen molar-refractivity contribution < 1.29 is 18.0 Å². The highest BCUT2D eigenvalue weighted by molar-refractivity contribution is 7.92. The second kappa shape index (κ2) is 13.3. The molecule has 0 aliphatic carbocycles. The maximum absolute atomic E-state index is 13.9. The molecule has 0 radical (unpaired) electrons. The molecule has 0 aromatic heterocycles. The van der Waals surface area contributed by atoms with E-state index in [1.807, 2.05) is 45.0 Å². The molecule has 0 heterocycles. The van der Waals surface area contributed by atoms with Crippen molar-refractivity contribution in [2.24, 2.45) is 5.92 Å². The maximum Gasteiger partial charge on any atom is 0.264 e. The summed E-state index contributed by atoms with van der Waals surface area (Å²) in [6.45, 7) is 7.48. The van der Waals surface area contributed by atoms with Crippen molar-refractivity contribution in [2.45, 2.75) is 45.2 Å². The molecular formula is C29H33Cl2N3O4S. The van der Waals surface area contributed by atoms with Crippen molar-refractivity contribution >= 4 is 50.7 Å². The van der Waals surface area contributed by atoms with Gasteiger partial charge in [0, 0.05) is 18.1 Å². The smallest absolute Gasteiger partial charge is 0.264 e. The average molecular weight is 591 g/mol. The minimum Gasteiger partial charge on any atom is -0.354 e. The Kier molecular flexibility index (Phi) is 10.4. The van der Waals surface area contributed by atoms with Crippen molar-refractivity contribution in [3.8, 4) is 0 Å². The fourth-order valence-corrected chi connectivity index (χ4v) is 5.83. The van der Waals surface area contributed by atoms with Gasteiger partial charge >= 0.3 is 0 Å². The Morgan fingerprint density at radius 1 is 0.923 bits per heavy atom. The molecule has 3 rings (SSSR count). The first-order chi connectivity index (χ1) is 18.4. The minimum atomic E-state index is -4.23. The Balaban J connectivity index is 2.04. The zero-order chi connectivity index (χ0) is 28.7. The van der Waals surface area contributed by atoms with Gasteiger partial charge in [-0.05, 0) is 55.7 Å². The number of aryl methyl sites for hydroxylation is 1. The largest absolute Gasteiger partial charge is 0.354 e. The predicted molar refractivity (Wildman–Crippen MR) is 156 cm³/mol. The third kappa shape index (κ3) is 7.97. The molecule has 0 saturated heterocycles. The molecular weight excluding hydrogens is 557 g/mol. The molecule has 7 nitrogen and oxygen atoms in total. The average Bonchev–Trinajstić information content (AvgIpc) is 2.90. The Bertz CT molecular complexity index is 1420. The van der Waals surface area contributed by atoms with Gasteiger partial charge in [-0.3, -0.25) is 13.9 Å². The lowest BCUT2D eigenvalue weighted by Crippen LogP contribution is -2.51. The Morgan fingerprint density at radius 2 is 1.62 bits per heavy atom. The van der Waals surface area contributed by atoms with Gasteiger partial charge in [0.1, 0.15) is 12.6 Å². The van der Waals surface area contributed by atoms with Crippen LogP contribution in [0.25, 0.3) is 0 Å². The summed E-state index contributed by atoms with van der Waals surface area (Å²) >= 11 is 12.6. The number of hydrogen-bond donors (Lipinski definition) is 1. The molecule has 0 aliphatic heterocycles. The number of anilines is 1. The van der Waals surface area contributed by atoms with Gasteiger partial charge < -0.3 is 10.2 Å². The van der Waals surface area contributed by atoms with E-state index in [4.69, 9.17) is 23.2 Å². The third-order valence-corrected chi connectivity index (χ3v) is 8.40. The first-order valence-corrected chi connectivity index (χ1v) is 14.7. The predicted octanol–water partition coefficient (Wildman–Crippen LogP) is 5.69. The SMILES string of the molecule is Cc1cccc(CN(C(=O)CN(c2cc(Cl)ccc2Cl)S(=O)(=O)c2ccccc2)[C@H](C)C(=O)NCC(C)C)c1. The van der Waals surface area contributed by atoms with Crippen LogP contribution in [0.4, 0.5) is 5.69 Å². The van der Waals surface area contributed by atoms with Crippen LogP contribution in [0.5, 0.6) is 0 Å². The first kappa shape index (κ1) is 30.5. The summed E-state index contributed by atoms with van der Waals surface area (Å²) in [6.07, 6.45) is 0. The number of benzene rings is 3. The number of halogens is 2. The number of sulfonamides is 1. The summed E-state index contributed by atoms with van der Waals surface area (Å²) in [4.78, 5) is 28.4. The van der Waals surface area contributed by atoms with Gasteiger partial charge in [0.2, 0.25) is 11.8 Å². The van der Waals surface area contributed by atoms with Crippen LogP contribution in [0.3, 0.4) is 0 Å². The van der Waals surface area contributed by atoms with Gasteiger partial charge in [0.25, 0.3) is 10.0 Å². The molecule has 0 unspecified atom stereocenters. The lowest BCUT2D eigenvalue weighted by atomic mass is 10.1. The number of carbonyl (C=O) groups excluding carboxylic acids is 2. The molecule has 0 saturated carbocycles. The van der Waals surface area contributed by atoms with E-state index in [2.05, 4.69) is 5.32 Å². The molecule has 10 heteroatoms. The van der Waals surface area contributed by atoms with Crippen LogP contribution < -0.4 is 9.62 Å². The second-order valence-electron chi connectivity index (χ2n) is 9.75. The van der Waals surface area contributed by atoms with Gasteiger partial charge in [-0.2, -0.15) is 0 Å². The molecule has 3 aromatic rings. The third-order valence-electron chi connectivity index (χ3n) is 6.07. The molecule has 0 bridgehead atoms. The van der Waals surface area contributed by atoms with Crippen molar-refractivity contribution in [1.82, 2.24) is 10.2 Å². The van der Waals surface area contributed by atoms with Crippen molar-refractivity contribution in [1.29, 1.82) is 0 Å². The summed E-state index contributed by atoms with van der Waals surface area (Å²) in [5, 5.41) is 3.24. The van der Waals surface area contributed by atoms with Crippen LogP contribution in [0.15, 0.2) is 77.7 Å². The zero-order valence-corrected chi connectivity index (χ0v) is 24.7. The van der Waals surface area contributed by atoms with Crippen molar-refractivity contribution in [3.63, 3.8) is 0 Å². The Labute approximate surface area is 240 Å². The molecule has 3 aromatic carbocycles. The molecule has 0 fully saturated rings. The second-order valence-corrected chi connectivity index (χ2v) is 12.5. The van der Waals surface area contributed by atoms with Gasteiger partial charge in [0.05, 0.1) is 15.6 Å². The van der Waals surface area contributed by atoms with Gasteiger partial charge in [0.15, 0.2) is 0 Å². The lowest BCUT2D eigenvalue weighted by molar-refractivity contribution is -0.139. The fourth-order valence-electron chi connectivity index (χ4n) is 3.95. The van der Waals surface area contributed by atoms with Crippen LogP contribution in [0, 0.1) is 12.8 Å². The van der Waals surface area contributed by atoms with E-state index in [0.29, 0.717) is 6.54 Å². The summed E-state index contributed by atoms with van der Waals surface area (Å²) in [6, 6.07) is 18.9. The highest BCUT2D eigenvalue weighted by atomic mass is 35.5. The van der Waals surface area contributed by atoms with E-state index in [1.165, 1.54) is 35.2 Å². The number of hydrogen-bond acceptors (Lipinski definition) is 4. The Morgan fingerprint density at radius 3 is 2.26 bits per heavy atom. The van der Waals surface area contributed by atoms with Gasteiger partial charge in [-0.15, -0.1) is 0 Å². The zero-order valence-electron chi connectivity index (χ0n) is 22.4. The lowest BCUT2D eigenvalue weighted by Gasteiger charge is -2.32. The number of amides is 2. The van der Waals surface area contributed by atoms with Crippen LogP contribution in [0.1, 0.15) is 31.9 Å². The summed E-state index contributed by atoms with van der Waals surface area (Å²) < 4.78 is 28.6. The van der Waals surface area contributed by atoms with Crippen LogP contribution in [-0.4, -0.2) is 44.3 Å². The first-order valence-electron chi connectivity index (χ1n) is 12.6. The summed E-state index contributed by atoms with van der Waals surface area (Å²) in [5.74, 6) is -0.680. The van der Waals surface area contributed by atoms with Crippen LogP contribution >= 0.6 is 23.2 Å².